The first kappa shape index (κ1) is 13.8. The van der Waals surface area contributed by atoms with Gasteiger partial charge in [-0.25, -0.2) is 0 Å². The van der Waals surface area contributed by atoms with Gasteiger partial charge >= 0.3 is 0 Å². The van der Waals surface area contributed by atoms with E-state index in [1.54, 1.807) is 7.11 Å². The molecule has 3 heteroatoms. The van der Waals surface area contributed by atoms with Crippen molar-refractivity contribution in [2.24, 2.45) is 0 Å². The molecular formula is C14H23NO2. The van der Waals surface area contributed by atoms with Crippen LogP contribution in [0, 0.1) is 0 Å². The maximum atomic E-state index is 5.82. The average Bonchev–Trinajstić information content (AvgIpc) is 2.35. The highest BCUT2D eigenvalue weighted by Gasteiger charge is 2.04. The lowest BCUT2D eigenvalue weighted by molar-refractivity contribution is 0.209. The molecule has 96 valence electrons. The van der Waals surface area contributed by atoms with Gasteiger partial charge in [0, 0.05) is 6.07 Å². The molecule has 0 aromatic heterocycles. The number of methoxy groups -OCH3 is 1. The first-order valence-electron chi connectivity index (χ1n) is 6.27. The van der Waals surface area contributed by atoms with Gasteiger partial charge in [0.05, 0.1) is 13.2 Å². The SMILES string of the molecule is CCCNCCC(C)Oc1cccc(OC)c1. The lowest BCUT2D eigenvalue weighted by Gasteiger charge is -2.15. The number of nitrogens with one attached hydrogen (secondary N) is 1. The molecule has 1 atom stereocenters. The molecule has 0 aliphatic carbocycles. The topological polar surface area (TPSA) is 30.5 Å². The van der Waals surface area contributed by atoms with Gasteiger partial charge in [0.15, 0.2) is 0 Å². The van der Waals surface area contributed by atoms with E-state index < -0.39 is 0 Å². The highest BCUT2D eigenvalue weighted by atomic mass is 16.5. The summed E-state index contributed by atoms with van der Waals surface area (Å²) in [5.41, 5.74) is 0. The zero-order valence-corrected chi connectivity index (χ0v) is 11.0. The van der Waals surface area contributed by atoms with Gasteiger partial charge in [-0.2, -0.15) is 0 Å². The summed E-state index contributed by atoms with van der Waals surface area (Å²) in [6.07, 6.45) is 2.40. The van der Waals surface area contributed by atoms with E-state index in [-0.39, 0.29) is 6.10 Å². The number of rotatable bonds is 8. The molecule has 0 aliphatic rings. The Bertz CT molecular complexity index is 315. The molecule has 3 nitrogen and oxygen atoms in total. The summed E-state index contributed by atoms with van der Waals surface area (Å²) >= 11 is 0. The molecule has 0 radical (unpaired) electrons. The fourth-order valence-corrected chi connectivity index (χ4v) is 1.57. The van der Waals surface area contributed by atoms with Crippen LogP contribution in [-0.2, 0) is 0 Å². The molecule has 1 N–H and O–H groups in total. The number of benzene rings is 1. The van der Waals surface area contributed by atoms with E-state index in [9.17, 15) is 0 Å². The number of hydrogen-bond acceptors (Lipinski definition) is 3. The molecule has 0 fully saturated rings. The predicted molar refractivity (Wildman–Crippen MR) is 70.9 cm³/mol. The Kier molecular flexibility index (Phi) is 6.48. The Morgan fingerprint density at radius 2 is 2.00 bits per heavy atom. The van der Waals surface area contributed by atoms with Crippen LogP contribution in [0.15, 0.2) is 24.3 Å². The van der Waals surface area contributed by atoms with E-state index in [4.69, 9.17) is 9.47 Å². The number of hydrogen-bond donors (Lipinski definition) is 1. The molecule has 0 saturated carbocycles. The van der Waals surface area contributed by atoms with E-state index in [1.165, 1.54) is 6.42 Å². The quantitative estimate of drug-likeness (QED) is 0.705. The molecule has 0 saturated heterocycles. The second-order valence-corrected chi connectivity index (χ2v) is 4.15. The maximum Gasteiger partial charge on any atom is 0.123 e. The normalized spacial score (nSPS) is 12.2. The summed E-state index contributed by atoms with van der Waals surface area (Å²) in [5.74, 6) is 1.70. The van der Waals surface area contributed by atoms with Crippen molar-refractivity contribution in [1.29, 1.82) is 0 Å². The van der Waals surface area contributed by atoms with Gasteiger partial charge in [0.1, 0.15) is 11.5 Å². The molecule has 1 rings (SSSR count). The Morgan fingerprint density at radius 3 is 2.71 bits per heavy atom. The molecule has 0 bridgehead atoms. The van der Waals surface area contributed by atoms with Crippen molar-refractivity contribution in [2.75, 3.05) is 20.2 Å². The Hall–Kier alpha value is -1.22. The summed E-state index contributed by atoms with van der Waals surface area (Å²) in [5, 5.41) is 3.37. The lowest BCUT2D eigenvalue weighted by Crippen LogP contribution is -2.22. The van der Waals surface area contributed by atoms with Gasteiger partial charge in [0.2, 0.25) is 0 Å². The van der Waals surface area contributed by atoms with Crippen LogP contribution in [0.3, 0.4) is 0 Å². The van der Waals surface area contributed by atoms with Crippen molar-refractivity contribution < 1.29 is 9.47 Å². The van der Waals surface area contributed by atoms with Crippen LogP contribution < -0.4 is 14.8 Å². The molecule has 17 heavy (non-hydrogen) atoms. The third kappa shape index (κ3) is 5.59. The van der Waals surface area contributed by atoms with Crippen molar-refractivity contribution in [3.8, 4) is 11.5 Å². The van der Waals surface area contributed by atoms with Crippen LogP contribution in [0.25, 0.3) is 0 Å². The molecule has 0 heterocycles. The average molecular weight is 237 g/mol. The van der Waals surface area contributed by atoms with E-state index in [0.29, 0.717) is 0 Å². The van der Waals surface area contributed by atoms with Crippen LogP contribution in [0.2, 0.25) is 0 Å². The summed E-state index contributed by atoms with van der Waals surface area (Å²) < 4.78 is 11.0. The predicted octanol–water partition coefficient (Wildman–Crippen LogP) is 2.85. The fourth-order valence-electron chi connectivity index (χ4n) is 1.57. The summed E-state index contributed by atoms with van der Waals surface area (Å²) in [7, 11) is 1.66. The van der Waals surface area contributed by atoms with Gasteiger partial charge in [-0.05, 0) is 45.0 Å². The Labute approximate surface area is 104 Å². The Balaban J connectivity index is 2.31. The highest BCUT2D eigenvalue weighted by Crippen LogP contribution is 2.20. The van der Waals surface area contributed by atoms with Gasteiger partial charge in [-0.15, -0.1) is 0 Å². The highest BCUT2D eigenvalue weighted by molar-refractivity contribution is 5.32. The van der Waals surface area contributed by atoms with Gasteiger partial charge in [-0.1, -0.05) is 13.0 Å². The van der Waals surface area contributed by atoms with Crippen LogP contribution >= 0.6 is 0 Å². The summed E-state index contributed by atoms with van der Waals surface area (Å²) in [6, 6.07) is 7.73. The third-order valence-corrected chi connectivity index (χ3v) is 2.53. The first-order chi connectivity index (χ1) is 8.26. The first-order valence-corrected chi connectivity index (χ1v) is 6.27. The van der Waals surface area contributed by atoms with Crippen molar-refractivity contribution in [2.45, 2.75) is 32.8 Å². The second kappa shape index (κ2) is 7.96. The van der Waals surface area contributed by atoms with E-state index in [1.807, 2.05) is 24.3 Å². The minimum absolute atomic E-state index is 0.214. The van der Waals surface area contributed by atoms with Crippen LogP contribution in [-0.4, -0.2) is 26.3 Å². The van der Waals surface area contributed by atoms with E-state index >= 15 is 0 Å². The van der Waals surface area contributed by atoms with E-state index in [0.717, 1.165) is 31.0 Å². The minimum atomic E-state index is 0.214. The second-order valence-electron chi connectivity index (χ2n) is 4.15. The van der Waals surface area contributed by atoms with Crippen molar-refractivity contribution in [1.82, 2.24) is 5.32 Å². The molecule has 1 aromatic carbocycles. The molecule has 0 aliphatic heterocycles. The van der Waals surface area contributed by atoms with Gasteiger partial charge < -0.3 is 14.8 Å². The van der Waals surface area contributed by atoms with Crippen LogP contribution in [0.1, 0.15) is 26.7 Å². The minimum Gasteiger partial charge on any atom is -0.497 e. The smallest absolute Gasteiger partial charge is 0.123 e. The van der Waals surface area contributed by atoms with Crippen LogP contribution in [0.4, 0.5) is 0 Å². The standard InChI is InChI=1S/C14H23NO2/c1-4-9-15-10-8-12(2)17-14-7-5-6-13(11-14)16-3/h5-7,11-12,15H,4,8-10H2,1-3H3. The van der Waals surface area contributed by atoms with E-state index in [2.05, 4.69) is 19.2 Å². The van der Waals surface area contributed by atoms with Crippen molar-refractivity contribution >= 4 is 0 Å². The third-order valence-electron chi connectivity index (χ3n) is 2.53. The molecule has 0 spiro atoms. The van der Waals surface area contributed by atoms with Crippen molar-refractivity contribution in [3.05, 3.63) is 24.3 Å². The molecule has 1 aromatic rings. The lowest BCUT2D eigenvalue weighted by atomic mass is 10.2. The zero-order valence-electron chi connectivity index (χ0n) is 11.0. The summed E-state index contributed by atoms with van der Waals surface area (Å²) in [6.45, 7) is 6.33. The van der Waals surface area contributed by atoms with Crippen molar-refractivity contribution in [3.63, 3.8) is 0 Å². The monoisotopic (exact) mass is 237 g/mol. The summed E-state index contributed by atoms with van der Waals surface area (Å²) in [4.78, 5) is 0. The zero-order chi connectivity index (χ0) is 12.5. The van der Waals surface area contributed by atoms with Gasteiger partial charge in [-0.3, -0.25) is 0 Å². The maximum absolute atomic E-state index is 5.82. The Morgan fingerprint density at radius 1 is 1.24 bits per heavy atom. The molecule has 0 amide bonds. The van der Waals surface area contributed by atoms with Gasteiger partial charge in [0.25, 0.3) is 0 Å². The fraction of sp³-hybridized carbons (Fsp3) is 0.571. The molecule has 1 unspecified atom stereocenters. The number of ether oxygens (including phenoxy) is 2. The molecular weight excluding hydrogens is 214 g/mol. The largest absolute Gasteiger partial charge is 0.497 e. The van der Waals surface area contributed by atoms with Crippen LogP contribution in [0.5, 0.6) is 11.5 Å².